The Labute approximate surface area is 210 Å². The molecule has 0 radical (unpaired) electrons. The Balaban J connectivity index is 1.89. The second kappa shape index (κ2) is 12.4. The van der Waals surface area contributed by atoms with E-state index in [0.29, 0.717) is 22.2 Å². The van der Waals surface area contributed by atoms with Crippen molar-refractivity contribution in [3.8, 4) is 5.75 Å². The predicted octanol–water partition coefficient (Wildman–Crippen LogP) is 5.54. The Kier molecular flexibility index (Phi) is 9.37. The number of nitrogens with one attached hydrogen (secondary N) is 1. The monoisotopic (exact) mass is 498 g/mol. The van der Waals surface area contributed by atoms with Crippen LogP contribution in [0.25, 0.3) is 0 Å². The number of nitrogens with zero attached hydrogens (tertiary/aromatic N) is 1. The van der Waals surface area contributed by atoms with Gasteiger partial charge in [-0.25, -0.2) is 0 Å². The Morgan fingerprint density at radius 1 is 0.912 bits per heavy atom. The molecule has 1 N–H and O–H groups in total. The molecular formula is C27H28Cl2N2O3. The third kappa shape index (κ3) is 7.51. The molecular weight excluding hydrogens is 471 g/mol. The molecule has 3 aromatic carbocycles. The summed E-state index contributed by atoms with van der Waals surface area (Å²) < 4.78 is 5.72. The molecule has 0 aliphatic carbocycles. The van der Waals surface area contributed by atoms with E-state index in [2.05, 4.69) is 5.32 Å². The first-order chi connectivity index (χ1) is 16.3. The normalized spacial score (nSPS) is 11.7. The van der Waals surface area contributed by atoms with E-state index in [1.165, 1.54) is 0 Å². The summed E-state index contributed by atoms with van der Waals surface area (Å²) in [6.45, 7) is 3.79. The van der Waals surface area contributed by atoms with Gasteiger partial charge in [0.25, 0.3) is 5.91 Å². The van der Waals surface area contributed by atoms with Crippen LogP contribution >= 0.6 is 23.2 Å². The highest BCUT2D eigenvalue weighted by Crippen LogP contribution is 2.27. The molecule has 1 atom stereocenters. The molecule has 0 saturated heterocycles. The summed E-state index contributed by atoms with van der Waals surface area (Å²) in [5.74, 6) is -0.187. The highest BCUT2D eigenvalue weighted by atomic mass is 35.5. The molecule has 0 aliphatic rings. The van der Waals surface area contributed by atoms with E-state index in [4.69, 9.17) is 27.9 Å². The third-order valence-corrected chi connectivity index (χ3v) is 5.67. The molecule has 0 unspecified atom stereocenters. The lowest BCUT2D eigenvalue weighted by Gasteiger charge is -2.32. The minimum absolute atomic E-state index is 0.0661. The highest BCUT2D eigenvalue weighted by molar-refractivity contribution is 6.35. The average Bonchev–Trinajstić information content (AvgIpc) is 2.81. The lowest BCUT2D eigenvalue weighted by molar-refractivity contribution is -0.143. The molecule has 7 heteroatoms. The Hall–Kier alpha value is -3.02. The maximum atomic E-state index is 13.5. The fourth-order valence-electron chi connectivity index (χ4n) is 3.53. The van der Waals surface area contributed by atoms with Crippen LogP contribution in [-0.4, -0.2) is 35.4 Å². The molecule has 0 saturated carbocycles. The van der Waals surface area contributed by atoms with Crippen molar-refractivity contribution < 1.29 is 14.3 Å². The zero-order chi connectivity index (χ0) is 24.5. The first-order valence-corrected chi connectivity index (χ1v) is 11.8. The Morgan fingerprint density at radius 3 is 2.12 bits per heavy atom. The van der Waals surface area contributed by atoms with Gasteiger partial charge in [-0.1, -0.05) is 83.9 Å². The summed E-state index contributed by atoms with van der Waals surface area (Å²) in [5, 5.41) is 3.75. The summed E-state index contributed by atoms with van der Waals surface area (Å²) in [6, 6.07) is 23.3. The van der Waals surface area contributed by atoms with E-state index in [9.17, 15) is 9.59 Å². The van der Waals surface area contributed by atoms with Gasteiger partial charge < -0.3 is 15.0 Å². The zero-order valence-corrected chi connectivity index (χ0v) is 20.7. The van der Waals surface area contributed by atoms with Crippen LogP contribution in [0.3, 0.4) is 0 Å². The lowest BCUT2D eigenvalue weighted by Crippen LogP contribution is -2.52. The number of hydrogen-bond acceptors (Lipinski definition) is 3. The van der Waals surface area contributed by atoms with Gasteiger partial charge in [0.05, 0.1) is 5.02 Å². The molecule has 0 fully saturated rings. The SMILES string of the molecule is CC(C)NC(=O)[C@@H](Cc1ccccc1)N(Cc1ccccc1)C(=O)COc1ccc(Cl)cc1Cl. The molecule has 0 spiro atoms. The number of ether oxygens (including phenoxy) is 1. The van der Waals surface area contributed by atoms with E-state index in [0.717, 1.165) is 11.1 Å². The van der Waals surface area contributed by atoms with Gasteiger partial charge >= 0.3 is 0 Å². The van der Waals surface area contributed by atoms with Crippen molar-refractivity contribution in [1.29, 1.82) is 0 Å². The second-order valence-electron chi connectivity index (χ2n) is 8.24. The van der Waals surface area contributed by atoms with Crippen LogP contribution in [0, 0.1) is 0 Å². The van der Waals surface area contributed by atoms with Crippen LogP contribution in [0.15, 0.2) is 78.9 Å². The number of carbonyl (C=O) groups is 2. The molecule has 3 rings (SSSR count). The first kappa shape index (κ1) is 25.6. The van der Waals surface area contributed by atoms with Crippen molar-refractivity contribution in [2.45, 2.75) is 38.9 Å². The quantitative estimate of drug-likeness (QED) is 0.399. The number of amides is 2. The van der Waals surface area contributed by atoms with Gasteiger partial charge in [-0.3, -0.25) is 9.59 Å². The van der Waals surface area contributed by atoms with Crippen LogP contribution in [0.1, 0.15) is 25.0 Å². The molecule has 178 valence electrons. The largest absolute Gasteiger partial charge is 0.482 e. The van der Waals surface area contributed by atoms with Crippen LogP contribution in [0.4, 0.5) is 0 Å². The fraction of sp³-hybridized carbons (Fsp3) is 0.259. The van der Waals surface area contributed by atoms with Gasteiger partial charge in [0.2, 0.25) is 5.91 Å². The van der Waals surface area contributed by atoms with Gasteiger partial charge in [0.15, 0.2) is 6.61 Å². The van der Waals surface area contributed by atoms with Crippen LogP contribution < -0.4 is 10.1 Å². The Bertz CT molecular complexity index is 1090. The number of hydrogen-bond donors (Lipinski definition) is 1. The molecule has 0 bridgehead atoms. The zero-order valence-electron chi connectivity index (χ0n) is 19.2. The summed E-state index contributed by atoms with van der Waals surface area (Å²) in [6.07, 6.45) is 0.375. The van der Waals surface area contributed by atoms with Gasteiger partial charge in [-0.05, 0) is 43.2 Å². The van der Waals surface area contributed by atoms with Gasteiger partial charge in [-0.2, -0.15) is 0 Å². The summed E-state index contributed by atoms with van der Waals surface area (Å²) >= 11 is 12.2. The second-order valence-corrected chi connectivity index (χ2v) is 9.08. The maximum absolute atomic E-state index is 13.5. The van der Waals surface area contributed by atoms with E-state index in [-0.39, 0.29) is 31.0 Å². The topological polar surface area (TPSA) is 58.6 Å². The first-order valence-electron chi connectivity index (χ1n) is 11.1. The number of benzene rings is 3. The minimum atomic E-state index is -0.721. The van der Waals surface area contributed by atoms with Gasteiger partial charge in [0, 0.05) is 24.0 Å². The highest BCUT2D eigenvalue weighted by Gasteiger charge is 2.31. The molecule has 2 amide bonds. The van der Waals surface area contributed by atoms with E-state index < -0.39 is 6.04 Å². The van der Waals surface area contributed by atoms with Crippen LogP contribution in [0.2, 0.25) is 10.0 Å². The van der Waals surface area contributed by atoms with E-state index in [1.54, 1.807) is 23.1 Å². The smallest absolute Gasteiger partial charge is 0.261 e. The summed E-state index contributed by atoms with van der Waals surface area (Å²) in [7, 11) is 0. The van der Waals surface area contributed by atoms with Crippen molar-refractivity contribution in [2.24, 2.45) is 0 Å². The van der Waals surface area contributed by atoms with Crippen molar-refractivity contribution in [3.05, 3.63) is 100 Å². The minimum Gasteiger partial charge on any atom is -0.482 e. The molecule has 3 aromatic rings. The maximum Gasteiger partial charge on any atom is 0.261 e. The van der Waals surface area contributed by atoms with Gasteiger partial charge in [-0.15, -0.1) is 0 Å². The van der Waals surface area contributed by atoms with Crippen molar-refractivity contribution in [1.82, 2.24) is 10.2 Å². The predicted molar refractivity (Wildman–Crippen MR) is 136 cm³/mol. The van der Waals surface area contributed by atoms with Crippen molar-refractivity contribution >= 4 is 35.0 Å². The molecule has 5 nitrogen and oxygen atoms in total. The van der Waals surface area contributed by atoms with Crippen LogP contribution in [-0.2, 0) is 22.6 Å². The van der Waals surface area contributed by atoms with E-state index >= 15 is 0 Å². The number of halogens is 2. The third-order valence-electron chi connectivity index (χ3n) is 5.14. The average molecular weight is 499 g/mol. The number of carbonyl (C=O) groups excluding carboxylic acids is 2. The summed E-state index contributed by atoms with van der Waals surface area (Å²) in [5.41, 5.74) is 1.87. The van der Waals surface area contributed by atoms with Crippen molar-refractivity contribution in [3.63, 3.8) is 0 Å². The number of rotatable bonds is 10. The molecule has 0 heterocycles. The Morgan fingerprint density at radius 2 is 1.53 bits per heavy atom. The standard InChI is InChI=1S/C27H28Cl2N2O3/c1-19(2)30-27(33)24(15-20-9-5-3-6-10-20)31(17-21-11-7-4-8-12-21)26(32)18-34-25-14-13-22(28)16-23(25)29/h3-14,16,19,24H,15,17-18H2,1-2H3,(H,30,33)/t24-/m1/s1. The molecule has 0 aromatic heterocycles. The fourth-order valence-corrected chi connectivity index (χ4v) is 3.99. The lowest BCUT2D eigenvalue weighted by atomic mass is 10.0. The van der Waals surface area contributed by atoms with Crippen LogP contribution in [0.5, 0.6) is 5.75 Å². The summed E-state index contributed by atoms with van der Waals surface area (Å²) in [4.78, 5) is 28.3. The van der Waals surface area contributed by atoms with Crippen molar-refractivity contribution in [2.75, 3.05) is 6.61 Å². The molecule has 0 aliphatic heterocycles. The molecule has 34 heavy (non-hydrogen) atoms. The van der Waals surface area contributed by atoms with E-state index in [1.807, 2.05) is 74.5 Å². The van der Waals surface area contributed by atoms with Gasteiger partial charge in [0.1, 0.15) is 11.8 Å².